The Kier molecular flexibility index (Phi) is 6.07. The zero-order chi connectivity index (χ0) is 35.7. The second-order valence-electron chi connectivity index (χ2n) is 14.7. The van der Waals surface area contributed by atoms with Crippen LogP contribution in [0.2, 0.25) is 0 Å². The fourth-order valence-electron chi connectivity index (χ4n) is 9.04. The monoisotopic (exact) mass is 708 g/mol. The average molecular weight is 709 g/mol. The molecule has 3 nitrogen and oxygen atoms in total. The molecule has 0 aliphatic carbocycles. The number of furan rings is 1. The largest absolute Gasteiger partial charge is 0.454 e. The van der Waals surface area contributed by atoms with Crippen molar-refractivity contribution in [3.05, 3.63) is 169 Å². The van der Waals surface area contributed by atoms with Crippen LogP contribution < -0.4 is 0 Å². The number of hydrogen-bond acceptors (Lipinski definition) is 2. The van der Waals surface area contributed by atoms with Crippen molar-refractivity contribution in [2.24, 2.45) is 0 Å². The molecule has 0 N–H and O–H groups in total. The molecule has 4 heterocycles. The van der Waals surface area contributed by atoms with Gasteiger partial charge in [0.25, 0.3) is 0 Å². The van der Waals surface area contributed by atoms with Crippen molar-refractivity contribution in [2.75, 3.05) is 0 Å². The van der Waals surface area contributed by atoms with E-state index < -0.39 is 0 Å². The van der Waals surface area contributed by atoms with Gasteiger partial charge in [-0.25, -0.2) is 0 Å². The molecule has 0 atom stereocenters. The highest BCUT2D eigenvalue weighted by Gasteiger charge is 2.20. The van der Waals surface area contributed by atoms with Gasteiger partial charge in [0.1, 0.15) is 5.58 Å². The standard InChI is InChI=1S/C50H32N2OS/c1-29-18-21-43-38(24-29)40-26-31(19-22-44(40)52(43)45-15-9-13-36-34-11-4-7-16-47(34)53-50(36)45)37-28-46-39(25-30(37)2)33-10-3-6-14-42(33)51(46)32-20-23-49-41(27-32)35-12-5-8-17-48(35)54-49/h3-28H,1-2H3. The van der Waals surface area contributed by atoms with E-state index >= 15 is 0 Å². The first-order valence-corrected chi connectivity index (χ1v) is 19.3. The van der Waals surface area contributed by atoms with E-state index in [-0.39, 0.29) is 0 Å². The summed E-state index contributed by atoms with van der Waals surface area (Å²) in [4.78, 5) is 0. The molecular formula is C50H32N2OS. The van der Waals surface area contributed by atoms with Crippen LogP contribution in [0.5, 0.6) is 0 Å². The van der Waals surface area contributed by atoms with Gasteiger partial charge in [-0.3, -0.25) is 0 Å². The van der Waals surface area contributed by atoms with Gasteiger partial charge in [0, 0.05) is 58.2 Å². The molecule has 4 aromatic heterocycles. The van der Waals surface area contributed by atoms with Crippen molar-refractivity contribution < 1.29 is 4.42 Å². The highest BCUT2D eigenvalue weighted by atomic mass is 32.1. The zero-order valence-corrected chi connectivity index (χ0v) is 30.5. The van der Waals surface area contributed by atoms with Gasteiger partial charge in [-0.2, -0.15) is 0 Å². The molecule has 0 unspecified atom stereocenters. The Labute approximate surface area is 314 Å². The SMILES string of the molecule is Cc1ccc2c(c1)c1cc(-c3cc4c(cc3C)c3ccccc3n4-c3ccc4sc5ccccc5c4c3)ccc1n2-c1cccc2c1oc1ccccc12. The van der Waals surface area contributed by atoms with Gasteiger partial charge in [0.15, 0.2) is 5.58 Å². The maximum Gasteiger partial charge on any atom is 0.159 e. The number of benzene rings is 8. The molecule has 0 bridgehead atoms. The minimum absolute atomic E-state index is 0.907. The molecule has 0 aliphatic heterocycles. The van der Waals surface area contributed by atoms with E-state index in [4.69, 9.17) is 4.42 Å². The summed E-state index contributed by atoms with van der Waals surface area (Å²) in [6.45, 7) is 4.43. The Morgan fingerprint density at radius 3 is 2.06 bits per heavy atom. The number of rotatable bonds is 3. The van der Waals surface area contributed by atoms with E-state index in [1.807, 2.05) is 17.4 Å². The first kappa shape index (κ1) is 29.9. The molecular weight excluding hydrogens is 677 g/mol. The number of para-hydroxylation sites is 3. The molecule has 0 aliphatic rings. The molecule has 8 aromatic carbocycles. The molecule has 0 amide bonds. The molecule has 0 spiro atoms. The molecule has 0 radical (unpaired) electrons. The molecule has 4 heteroatoms. The van der Waals surface area contributed by atoms with Gasteiger partial charge in [-0.05, 0) is 109 Å². The number of nitrogens with zero attached hydrogens (tertiary/aromatic N) is 2. The molecule has 0 fully saturated rings. The highest BCUT2D eigenvalue weighted by Crippen LogP contribution is 2.42. The fourth-order valence-corrected chi connectivity index (χ4v) is 10.1. The van der Waals surface area contributed by atoms with E-state index in [2.05, 4.69) is 175 Å². The Bertz CT molecular complexity index is 3530. The van der Waals surface area contributed by atoms with Crippen molar-refractivity contribution in [3.63, 3.8) is 0 Å². The molecule has 0 saturated carbocycles. The molecule has 12 aromatic rings. The lowest BCUT2D eigenvalue weighted by Gasteiger charge is -2.12. The predicted octanol–water partition coefficient (Wildman–Crippen LogP) is 14.4. The van der Waals surface area contributed by atoms with Crippen molar-refractivity contribution in [2.45, 2.75) is 13.8 Å². The molecule has 254 valence electrons. The van der Waals surface area contributed by atoms with Gasteiger partial charge in [-0.15, -0.1) is 11.3 Å². The summed E-state index contributed by atoms with van der Waals surface area (Å²) in [5.41, 5.74) is 13.8. The smallest absolute Gasteiger partial charge is 0.159 e. The molecule has 0 saturated heterocycles. The quantitative estimate of drug-likeness (QED) is 0.179. The van der Waals surface area contributed by atoms with Crippen LogP contribution >= 0.6 is 11.3 Å². The lowest BCUT2D eigenvalue weighted by molar-refractivity contribution is 0.666. The van der Waals surface area contributed by atoms with E-state index in [9.17, 15) is 0 Å². The summed E-state index contributed by atoms with van der Waals surface area (Å²) in [6, 6.07) is 58.0. The van der Waals surface area contributed by atoms with Crippen LogP contribution in [-0.4, -0.2) is 9.13 Å². The summed E-state index contributed by atoms with van der Waals surface area (Å²) >= 11 is 1.86. The lowest BCUT2D eigenvalue weighted by Crippen LogP contribution is -1.95. The third kappa shape index (κ3) is 4.11. The molecule has 54 heavy (non-hydrogen) atoms. The Morgan fingerprint density at radius 2 is 1.15 bits per heavy atom. The first-order valence-electron chi connectivity index (χ1n) is 18.5. The summed E-state index contributed by atoms with van der Waals surface area (Å²) < 4.78 is 14.1. The van der Waals surface area contributed by atoms with Crippen molar-refractivity contribution in [1.82, 2.24) is 9.13 Å². The van der Waals surface area contributed by atoms with Crippen LogP contribution in [0.4, 0.5) is 0 Å². The van der Waals surface area contributed by atoms with Gasteiger partial charge >= 0.3 is 0 Å². The third-order valence-corrected chi connectivity index (χ3v) is 12.6. The van der Waals surface area contributed by atoms with Gasteiger partial charge in [0.05, 0.1) is 27.8 Å². The fraction of sp³-hybridized carbons (Fsp3) is 0.0400. The van der Waals surface area contributed by atoms with E-state index in [1.54, 1.807) is 0 Å². The zero-order valence-electron chi connectivity index (χ0n) is 29.7. The van der Waals surface area contributed by atoms with E-state index in [0.29, 0.717) is 0 Å². The van der Waals surface area contributed by atoms with Crippen LogP contribution in [0.1, 0.15) is 11.1 Å². The number of aromatic nitrogens is 2. The van der Waals surface area contributed by atoms with Crippen LogP contribution in [-0.2, 0) is 0 Å². The maximum absolute atomic E-state index is 6.57. The average Bonchev–Trinajstić information content (AvgIpc) is 3.95. The highest BCUT2D eigenvalue weighted by molar-refractivity contribution is 7.25. The summed E-state index contributed by atoms with van der Waals surface area (Å²) in [7, 11) is 0. The van der Waals surface area contributed by atoms with Crippen molar-refractivity contribution >= 4 is 97.1 Å². The predicted molar refractivity (Wildman–Crippen MR) is 230 cm³/mol. The normalized spacial score (nSPS) is 12.3. The van der Waals surface area contributed by atoms with Crippen LogP contribution in [0, 0.1) is 13.8 Å². The second-order valence-corrected chi connectivity index (χ2v) is 15.7. The van der Waals surface area contributed by atoms with Crippen LogP contribution in [0.3, 0.4) is 0 Å². The van der Waals surface area contributed by atoms with Crippen molar-refractivity contribution in [1.29, 1.82) is 0 Å². The topological polar surface area (TPSA) is 23.0 Å². The van der Waals surface area contributed by atoms with Gasteiger partial charge in [0.2, 0.25) is 0 Å². The number of fused-ring (bicyclic) bond motifs is 12. The number of thiophene rings is 1. The summed E-state index contributed by atoms with van der Waals surface area (Å²) in [5, 5.41) is 9.91. The summed E-state index contributed by atoms with van der Waals surface area (Å²) in [6.07, 6.45) is 0. The molecule has 12 rings (SSSR count). The Balaban J connectivity index is 1.10. The Hall–Kier alpha value is -6.62. The minimum Gasteiger partial charge on any atom is -0.454 e. The van der Waals surface area contributed by atoms with E-state index in [0.717, 1.165) is 33.1 Å². The van der Waals surface area contributed by atoms with Crippen LogP contribution in [0.25, 0.3) is 108 Å². The maximum atomic E-state index is 6.57. The lowest BCUT2D eigenvalue weighted by atomic mass is 9.96. The Morgan fingerprint density at radius 1 is 0.444 bits per heavy atom. The third-order valence-electron chi connectivity index (χ3n) is 11.5. The first-order chi connectivity index (χ1) is 26.6. The van der Waals surface area contributed by atoms with Gasteiger partial charge < -0.3 is 13.6 Å². The van der Waals surface area contributed by atoms with E-state index in [1.165, 1.54) is 86.2 Å². The van der Waals surface area contributed by atoms with Crippen molar-refractivity contribution in [3.8, 4) is 22.5 Å². The minimum atomic E-state index is 0.907. The number of aryl methyl sites for hydroxylation is 2. The van der Waals surface area contributed by atoms with Gasteiger partial charge in [-0.1, -0.05) is 84.4 Å². The van der Waals surface area contributed by atoms with Crippen LogP contribution in [0.15, 0.2) is 162 Å². The number of hydrogen-bond donors (Lipinski definition) is 0. The second kappa shape index (κ2) is 11.0. The summed E-state index contributed by atoms with van der Waals surface area (Å²) in [5.74, 6) is 0.